The van der Waals surface area contributed by atoms with Crippen LogP contribution in [-0.2, 0) is 10.5 Å². The summed E-state index contributed by atoms with van der Waals surface area (Å²) in [4.78, 5) is 0. The normalized spacial score (nSPS) is 11.1. The van der Waals surface area contributed by atoms with E-state index < -0.39 is 8.32 Å². The Bertz CT molecular complexity index is 530. The summed E-state index contributed by atoms with van der Waals surface area (Å²) < 4.78 is 5.40. The fourth-order valence-electron chi connectivity index (χ4n) is 2.09. The van der Waals surface area contributed by atoms with Crippen LogP contribution < -0.4 is 0 Å². The van der Waals surface area contributed by atoms with Gasteiger partial charge in [-0.15, -0.1) is 0 Å². The molecule has 2 aromatic carbocycles. The van der Waals surface area contributed by atoms with Gasteiger partial charge in [0.1, 0.15) is 0 Å². The molecule has 0 saturated carbocycles. The highest BCUT2D eigenvalue weighted by Crippen LogP contribution is 2.19. The first kappa shape index (κ1) is 18.1. The van der Waals surface area contributed by atoms with Crippen molar-refractivity contribution in [2.45, 2.75) is 39.0 Å². The Labute approximate surface area is 132 Å². The molecular formula is C17H26O2Si2. The predicted molar refractivity (Wildman–Crippen MR) is 95.4 cm³/mol. The third kappa shape index (κ3) is 7.04. The SMILES string of the molecule is C[Si]O[Si](C)(C)C.OCCCc1cccc2ccccc12. The maximum atomic E-state index is 8.80. The topological polar surface area (TPSA) is 29.5 Å². The van der Waals surface area contributed by atoms with E-state index in [0.717, 1.165) is 12.8 Å². The zero-order valence-corrected chi connectivity index (χ0v) is 15.5. The lowest BCUT2D eigenvalue weighted by molar-refractivity contribution is 0.289. The number of hydrogen-bond donors (Lipinski definition) is 1. The van der Waals surface area contributed by atoms with Crippen molar-refractivity contribution in [3.8, 4) is 0 Å². The van der Waals surface area contributed by atoms with Crippen LogP contribution in [0, 0.1) is 0 Å². The van der Waals surface area contributed by atoms with E-state index >= 15 is 0 Å². The minimum Gasteiger partial charge on any atom is -0.456 e. The Kier molecular flexibility index (Phi) is 7.89. The molecule has 0 amide bonds. The van der Waals surface area contributed by atoms with E-state index in [-0.39, 0.29) is 6.61 Å². The highest BCUT2D eigenvalue weighted by Gasteiger charge is 2.11. The second-order valence-electron chi connectivity index (χ2n) is 5.88. The molecule has 21 heavy (non-hydrogen) atoms. The van der Waals surface area contributed by atoms with Gasteiger partial charge in [-0.1, -0.05) is 42.5 Å². The van der Waals surface area contributed by atoms with E-state index in [0.29, 0.717) is 9.76 Å². The van der Waals surface area contributed by atoms with Crippen molar-refractivity contribution in [3.05, 3.63) is 48.0 Å². The third-order valence-corrected chi connectivity index (χ3v) is 6.16. The van der Waals surface area contributed by atoms with E-state index in [1.807, 2.05) is 0 Å². The Morgan fingerprint density at radius 3 is 2.29 bits per heavy atom. The molecule has 4 heteroatoms. The molecule has 0 unspecified atom stereocenters. The maximum Gasteiger partial charge on any atom is 0.211 e. The average Bonchev–Trinajstić information content (AvgIpc) is 2.44. The Balaban J connectivity index is 0.000000270. The maximum absolute atomic E-state index is 8.80. The van der Waals surface area contributed by atoms with Crippen LogP contribution in [0.25, 0.3) is 10.8 Å². The molecule has 0 aliphatic carbocycles. The Hall–Kier alpha value is -0.946. The summed E-state index contributed by atoms with van der Waals surface area (Å²) in [6, 6.07) is 14.7. The van der Waals surface area contributed by atoms with Crippen molar-refractivity contribution in [2.75, 3.05) is 6.61 Å². The molecule has 0 fully saturated rings. The van der Waals surface area contributed by atoms with E-state index in [2.05, 4.69) is 68.7 Å². The van der Waals surface area contributed by atoms with Gasteiger partial charge in [0, 0.05) is 6.61 Å². The minimum absolute atomic E-state index is 0.267. The summed E-state index contributed by atoms with van der Waals surface area (Å²) in [6.07, 6.45) is 1.80. The fraction of sp³-hybridized carbons (Fsp3) is 0.412. The standard InChI is InChI=1S/C13H14O.C4H12OSi2/c14-10-4-8-12-7-3-6-11-5-1-2-9-13(11)12;1-6-5-7(2,3)4/h1-3,5-7,9,14H,4,8,10H2;1-4H3. The molecule has 2 aromatic rings. The molecular weight excluding hydrogens is 292 g/mol. The van der Waals surface area contributed by atoms with E-state index in [4.69, 9.17) is 9.22 Å². The first-order valence-corrected chi connectivity index (χ1v) is 12.2. The van der Waals surface area contributed by atoms with Crippen LogP contribution in [0.4, 0.5) is 0 Å². The molecule has 114 valence electrons. The zero-order valence-electron chi connectivity index (χ0n) is 13.5. The Morgan fingerprint density at radius 2 is 1.71 bits per heavy atom. The molecule has 0 atom stereocenters. The molecule has 2 nitrogen and oxygen atoms in total. The van der Waals surface area contributed by atoms with Crippen molar-refractivity contribution >= 4 is 28.9 Å². The van der Waals surface area contributed by atoms with Gasteiger partial charge in [0.2, 0.25) is 9.76 Å². The van der Waals surface area contributed by atoms with Gasteiger partial charge in [-0.2, -0.15) is 0 Å². The molecule has 2 rings (SSSR count). The highest BCUT2D eigenvalue weighted by molar-refractivity contribution is 6.73. The summed E-state index contributed by atoms with van der Waals surface area (Å²) in [5.74, 6) is 0. The smallest absolute Gasteiger partial charge is 0.211 e. The number of benzene rings is 2. The summed E-state index contributed by atoms with van der Waals surface area (Å²) in [7, 11) is -0.474. The molecule has 0 heterocycles. The van der Waals surface area contributed by atoms with Gasteiger partial charge in [-0.05, 0) is 55.4 Å². The van der Waals surface area contributed by atoms with E-state index in [1.54, 1.807) is 0 Å². The minimum atomic E-state index is -1.14. The number of rotatable bonds is 5. The number of fused-ring (bicyclic) bond motifs is 1. The van der Waals surface area contributed by atoms with Crippen LogP contribution in [0.3, 0.4) is 0 Å². The van der Waals surface area contributed by atoms with Crippen molar-refractivity contribution in [2.24, 2.45) is 0 Å². The van der Waals surface area contributed by atoms with Gasteiger partial charge in [-0.25, -0.2) is 0 Å². The van der Waals surface area contributed by atoms with Crippen LogP contribution in [0.15, 0.2) is 42.5 Å². The largest absolute Gasteiger partial charge is 0.456 e. The Morgan fingerprint density at radius 1 is 1.05 bits per heavy atom. The third-order valence-electron chi connectivity index (χ3n) is 2.89. The molecule has 0 bridgehead atoms. The highest BCUT2D eigenvalue weighted by atomic mass is 28.4. The molecule has 1 N–H and O–H groups in total. The lowest BCUT2D eigenvalue weighted by atomic mass is 10.0. The van der Waals surface area contributed by atoms with Crippen LogP contribution >= 0.6 is 0 Å². The molecule has 0 aromatic heterocycles. The zero-order chi connectivity index (χ0) is 15.7. The summed E-state index contributed by atoms with van der Waals surface area (Å²) in [5.41, 5.74) is 1.33. The van der Waals surface area contributed by atoms with Gasteiger partial charge < -0.3 is 9.22 Å². The van der Waals surface area contributed by atoms with Crippen molar-refractivity contribution < 1.29 is 9.22 Å². The van der Waals surface area contributed by atoms with Crippen LogP contribution in [0.1, 0.15) is 12.0 Å². The van der Waals surface area contributed by atoms with Crippen LogP contribution in [0.5, 0.6) is 0 Å². The first-order chi connectivity index (χ1) is 9.98. The summed E-state index contributed by atoms with van der Waals surface area (Å²) >= 11 is 0. The lowest BCUT2D eigenvalue weighted by Gasteiger charge is -2.14. The van der Waals surface area contributed by atoms with Gasteiger partial charge in [0.05, 0.1) is 0 Å². The van der Waals surface area contributed by atoms with Gasteiger partial charge in [-0.3, -0.25) is 0 Å². The lowest BCUT2D eigenvalue weighted by Crippen LogP contribution is -2.26. The monoisotopic (exact) mass is 318 g/mol. The first-order valence-electron chi connectivity index (χ1n) is 7.40. The van der Waals surface area contributed by atoms with Crippen LogP contribution in [-0.4, -0.2) is 29.8 Å². The predicted octanol–water partition coefficient (Wildman–Crippen LogP) is 4.27. The molecule has 0 saturated heterocycles. The molecule has 0 spiro atoms. The summed E-state index contributed by atoms with van der Waals surface area (Å²) in [5, 5.41) is 11.4. The number of aliphatic hydroxyl groups is 1. The van der Waals surface area contributed by atoms with Crippen molar-refractivity contribution in [1.82, 2.24) is 0 Å². The number of hydrogen-bond acceptors (Lipinski definition) is 2. The number of aliphatic hydroxyl groups excluding tert-OH is 1. The van der Waals surface area contributed by atoms with Crippen molar-refractivity contribution in [3.63, 3.8) is 0 Å². The second-order valence-corrected chi connectivity index (χ2v) is 11.3. The molecule has 0 aliphatic rings. The molecule has 2 radical (unpaired) electrons. The van der Waals surface area contributed by atoms with E-state index in [1.165, 1.54) is 16.3 Å². The summed E-state index contributed by atoms with van der Waals surface area (Å²) in [6.45, 7) is 8.93. The average molecular weight is 319 g/mol. The van der Waals surface area contributed by atoms with Gasteiger partial charge >= 0.3 is 0 Å². The van der Waals surface area contributed by atoms with Crippen molar-refractivity contribution in [1.29, 1.82) is 0 Å². The fourth-order valence-corrected chi connectivity index (χ4v) is 4.54. The number of aryl methyl sites for hydroxylation is 1. The van der Waals surface area contributed by atoms with E-state index in [9.17, 15) is 0 Å². The van der Waals surface area contributed by atoms with Crippen LogP contribution in [0.2, 0.25) is 26.2 Å². The quantitative estimate of drug-likeness (QED) is 0.834. The van der Waals surface area contributed by atoms with Gasteiger partial charge in [0.25, 0.3) is 0 Å². The molecule has 0 aliphatic heterocycles. The van der Waals surface area contributed by atoms with Gasteiger partial charge in [0.15, 0.2) is 8.32 Å². The second kappa shape index (κ2) is 9.15.